The number of piperidine rings is 1. The van der Waals surface area contributed by atoms with E-state index in [1.54, 1.807) is 11.9 Å². The summed E-state index contributed by atoms with van der Waals surface area (Å²) in [5.41, 5.74) is 1.65. The molecule has 2 aliphatic rings. The van der Waals surface area contributed by atoms with E-state index >= 15 is 0 Å². The van der Waals surface area contributed by atoms with E-state index in [4.69, 9.17) is 0 Å². The molecular formula is C14H22N4. The highest BCUT2D eigenvalue weighted by Gasteiger charge is 2.23. The third-order valence-electron chi connectivity index (χ3n) is 4.14. The minimum absolute atomic E-state index is 0.547. The predicted octanol–water partition coefficient (Wildman–Crippen LogP) is 2.48. The lowest BCUT2D eigenvalue weighted by Gasteiger charge is -2.32. The molecule has 1 aliphatic carbocycles. The van der Waals surface area contributed by atoms with Crippen LogP contribution in [0.5, 0.6) is 0 Å². The molecule has 0 radical (unpaired) electrons. The summed E-state index contributed by atoms with van der Waals surface area (Å²) in [7, 11) is 0. The Morgan fingerprint density at radius 3 is 3.11 bits per heavy atom. The number of likely N-dealkylation sites (tertiary alicyclic amines) is 1. The molecule has 1 atom stereocenters. The van der Waals surface area contributed by atoms with Crippen molar-refractivity contribution in [1.29, 1.82) is 0 Å². The monoisotopic (exact) mass is 246 g/mol. The third-order valence-corrected chi connectivity index (χ3v) is 4.14. The van der Waals surface area contributed by atoms with Crippen LogP contribution in [-0.2, 0) is 0 Å². The molecule has 0 spiro atoms. The number of allylic oxidation sites excluding steroid dienone is 1. The van der Waals surface area contributed by atoms with Crippen LogP contribution in [0.2, 0.25) is 0 Å². The van der Waals surface area contributed by atoms with E-state index in [1.807, 2.05) is 0 Å². The fourth-order valence-corrected chi connectivity index (χ4v) is 3.17. The number of nitrogens with one attached hydrogen (secondary N) is 1. The largest absolute Gasteiger partial charge is 0.299 e. The van der Waals surface area contributed by atoms with Gasteiger partial charge in [-0.15, -0.1) is 0 Å². The van der Waals surface area contributed by atoms with Crippen molar-refractivity contribution in [2.24, 2.45) is 0 Å². The lowest BCUT2D eigenvalue weighted by atomic mass is 9.95. The molecule has 0 saturated carbocycles. The smallest absolute Gasteiger partial charge is 0.137 e. The first-order valence-corrected chi connectivity index (χ1v) is 7.17. The van der Waals surface area contributed by atoms with E-state index in [9.17, 15) is 0 Å². The fourth-order valence-electron chi connectivity index (χ4n) is 3.17. The van der Waals surface area contributed by atoms with Crippen molar-refractivity contribution in [3.8, 4) is 0 Å². The molecule has 4 heteroatoms. The van der Waals surface area contributed by atoms with Crippen LogP contribution in [0.25, 0.3) is 0 Å². The Morgan fingerprint density at radius 2 is 2.33 bits per heavy atom. The van der Waals surface area contributed by atoms with Crippen LogP contribution in [0.3, 0.4) is 0 Å². The molecule has 1 aliphatic heterocycles. The highest BCUT2D eigenvalue weighted by molar-refractivity contribution is 5.08. The Morgan fingerprint density at radius 1 is 1.33 bits per heavy atom. The van der Waals surface area contributed by atoms with Gasteiger partial charge in [0.25, 0.3) is 0 Å². The number of hydrogen-bond acceptors (Lipinski definition) is 3. The van der Waals surface area contributed by atoms with Crippen molar-refractivity contribution >= 4 is 0 Å². The first kappa shape index (κ1) is 11.9. The van der Waals surface area contributed by atoms with E-state index in [2.05, 4.69) is 26.2 Å². The quantitative estimate of drug-likeness (QED) is 0.833. The topological polar surface area (TPSA) is 44.8 Å². The number of aromatic amines is 1. The second-order valence-electron chi connectivity index (χ2n) is 5.55. The summed E-state index contributed by atoms with van der Waals surface area (Å²) >= 11 is 0. The summed E-state index contributed by atoms with van der Waals surface area (Å²) in [5.74, 6) is 1.61. The Kier molecular flexibility index (Phi) is 3.74. The summed E-state index contributed by atoms with van der Waals surface area (Å²) in [5, 5.41) is 7.00. The average molecular weight is 246 g/mol. The summed E-state index contributed by atoms with van der Waals surface area (Å²) in [4.78, 5) is 6.90. The van der Waals surface area contributed by atoms with Gasteiger partial charge in [-0.25, -0.2) is 4.98 Å². The number of nitrogens with zero attached hydrogens (tertiary/aromatic N) is 3. The maximum atomic E-state index is 4.31. The van der Waals surface area contributed by atoms with Crippen LogP contribution in [-0.4, -0.2) is 39.7 Å². The van der Waals surface area contributed by atoms with Crippen molar-refractivity contribution in [3.63, 3.8) is 0 Å². The van der Waals surface area contributed by atoms with E-state index in [0.717, 1.165) is 12.4 Å². The van der Waals surface area contributed by atoms with Gasteiger partial charge in [-0.3, -0.25) is 10.00 Å². The molecule has 1 N–H and O–H groups in total. The molecule has 0 bridgehead atoms. The molecule has 0 aromatic carbocycles. The Bertz CT molecular complexity index is 396. The normalized spacial score (nSPS) is 26.0. The van der Waals surface area contributed by atoms with Gasteiger partial charge in [-0.2, -0.15) is 5.10 Å². The van der Waals surface area contributed by atoms with Gasteiger partial charge in [-0.05, 0) is 45.1 Å². The van der Waals surface area contributed by atoms with Crippen LogP contribution >= 0.6 is 0 Å². The molecule has 1 aromatic heterocycles. The zero-order valence-corrected chi connectivity index (χ0v) is 10.9. The molecule has 1 unspecified atom stereocenters. The lowest BCUT2D eigenvalue weighted by Crippen LogP contribution is -2.36. The third kappa shape index (κ3) is 2.80. The van der Waals surface area contributed by atoms with Crippen molar-refractivity contribution < 1.29 is 0 Å². The Hall–Kier alpha value is -1.16. The number of hydrogen-bond donors (Lipinski definition) is 1. The number of H-pyrrole nitrogens is 1. The summed E-state index contributed by atoms with van der Waals surface area (Å²) in [6, 6.07) is 0. The summed E-state index contributed by atoms with van der Waals surface area (Å²) < 4.78 is 0. The predicted molar refractivity (Wildman–Crippen MR) is 71.3 cm³/mol. The highest BCUT2D eigenvalue weighted by Crippen LogP contribution is 2.26. The maximum absolute atomic E-state index is 4.31. The van der Waals surface area contributed by atoms with Gasteiger partial charge in [-0.1, -0.05) is 11.6 Å². The van der Waals surface area contributed by atoms with Crippen molar-refractivity contribution in [2.45, 2.75) is 44.4 Å². The second-order valence-corrected chi connectivity index (χ2v) is 5.55. The standard InChI is InChI=1S/C14H22N4/c1-2-5-12(6-3-1)9-18-8-4-7-13(10-18)14-15-11-16-17-14/h5,11,13H,1-4,6-10H2,(H,15,16,17). The van der Waals surface area contributed by atoms with E-state index in [-0.39, 0.29) is 0 Å². The molecular weight excluding hydrogens is 224 g/mol. The van der Waals surface area contributed by atoms with E-state index < -0.39 is 0 Å². The van der Waals surface area contributed by atoms with Crippen molar-refractivity contribution in [3.05, 3.63) is 23.8 Å². The molecule has 1 fully saturated rings. The molecule has 3 rings (SSSR count). The zero-order valence-electron chi connectivity index (χ0n) is 10.9. The van der Waals surface area contributed by atoms with Crippen LogP contribution in [0, 0.1) is 0 Å². The average Bonchev–Trinajstić information content (AvgIpc) is 2.94. The molecule has 98 valence electrons. The minimum Gasteiger partial charge on any atom is -0.299 e. The first-order valence-electron chi connectivity index (χ1n) is 7.17. The number of aromatic nitrogens is 3. The summed E-state index contributed by atoms with van der Waals surface area (Å²) in [6.45, 7) is 3.54. The summed E-state index contributed by atoms with van der Waals surface area (Å²) in [6.07, 6.45) is 12.0. The first-order chi connectivity index (χ1) is 8.92. The van der Waals surface area contributed by atoms with Crippen LogP contribution in [0.15, 0.2) is 18.0 Å². The van der Waals surface area contributed by atoms with E-state index in [1.165, 1.54) is 51.6 Å². The van der Waals surface area contributed by atoms with Gasteiger partial charge in [0.2, 0.25) is 0 Å². The van der Waals surface area contributed by atoms with Crippen molar-refractivity contribution in [1.82, 2.24) is 20.1 Å². The fraction of sp³-hybridized carbons (Fsp3) is 0.714. The zero-order chi connectivity index (χ0) is 12.2. The van der Waals surface area contributed by atoms with Gasteiger partial charge < -0.3 is 0 Å². The van der Waals surface area contributed by atoms with Gasteiger partial charge >= 0.3 is 0 Å². The maximum Gasteiger partial charge on any atom is 0.137 e. The Labute approximate surface area is 108 Å². The van der Waals surface area contributed by atoms with Crippen LogP contribution in [0.1, 0.15) is 50.3 Å². The lowest BCUT2D eigenvalue weighted by molar-refractivity contribution is 0.217. The molecule has 18 heavy (non-hydrogen) atoms. The highest BCUT2D eigenvalue weighted by atomic mass is 15.2. The minimum atomic E-state index is 0.547. The van der Waals surface area contributed by atoms with Crippen LogP contribution < -0.4 is 0 Å². The van der Waals surface area contributed by atoms with E-state index in [0.29, 0.717) is 5.92 Å². The van der Waals surface area contributed by atoms with Gasteiger partial charge in [0.1, 0.15) is 12.2 Å². The number of rotatable bonds is 3. The van der Waals surface area contributed by atoms with Gasteiger partial charge in [0, 0.05) is 19.0 Å². The molecule has 4 nitrogen and oxygen atoms in total. The molecule has 1 aromatic rings. The SMILES string of the molecule is C1=C(CN2CCCC(c3ncn[nH]3)C2)CCCC1. The second kappa shape index (κ2) is 5.65. The van der Waals surface area contributed by atoms with Gasteiger partial charge in [0.15, 0.2) is 0 Å². The molecule has 2 heterocycles. The Balaban J connectivity index is 1.58. The van der Waals surface area contributed by atoms with Crippen molar-refractivity contribution in [2.75, 3.05) is 19.6 Å². The van der Waals surface area contributed by atoms with Crippen LogP contribution in [0.4, 0.5) is 0 Å². The molecule has 0 amide bonds. The molecule has 1 saturated heterocycles. The van der Waals surface area contributed by atoms with Gasteiger partial charge in [0.05, 0.1) is 0 Å².